The van der Waals surface area contributed by atoms with Crippen LogP contribution in [0.5, 0.6) is 0 Å². The Labute approximate surface area is 389 Å². The number of allylic oxidation sites excluding steroid dienone is 3. The molecule has 362 valence electrons. The van der Waals surface area contributed by atoms with Crippen LogP contribution in [0.1, 0.15) is 156 Å². The Morgan fingerprint density at radius 3 is 1.94 bits per heavy atom. The van der Waals surface area contributed by atoms with E-state index in [4.69, 9.17) is 72.1 Å². The second-order valence-corrected chi connectivity index (χ2v) is 19.8. The van der Waals surface area contributed by atoms with Gasteiger partial charge in [0.25, 0.3) is 0 Å². The van der Waals surface area contributed by atoms with Gasteiger partial charge >= 0.3 is 13.9 Å². The molecule has 0 bridgehead atoms. The van der Waals surface area contributed by atoms with Crippen LogP contribution in [0.25, 0.3) is 0 Å². The van der Waals surface area contributed by atoms with E-state index in [1.165, 1.54) is 102 Å². The Morgan fingerprint density at radius 1 is 0.806 bits per heavy atom. The fourth-order valence-corrected chi connectivity index (χ4v) is 8.37. The smallest absolute Gasteiger partial charge is 0.471 e. The van der Waals surface area contributed by atoms with Crippen molar-refractivity contribution in [3.05, 3.63) is 49.8 Å². The predicted molar refractivity (Wildman–Crippen MR) is 252 cm³/mol. The van der Waals surface area contributed by atoms with Crippen molar-refractivity contribution < 1.29 is 51.7 Å². The monoisotopic (exact) mass is 959 g/mol. The zero-order valence-electron chi connectivity index (χ0n) is 38.0. The molecule has 1 rings (SSSR count). The normalized spacial score (nSPS) is 20.1. The standard InChI is InChI=1S/C46H81Cl3NO11P/c1-6-11-13-15-17-19-20-21-23-25-27-29-35-54-39(30-28-26-24-22-18-16-14-12-7-2)31-36-55-43-41(50-45(52)57-38-46(47,48)49)44(56-32-8-3)60-40(37-51)42(43)61-62(53,58-33-9-4)59-34-10-5/h8-10,19-20,32,39-44,51H,4-7,11-18,21-31,33-38H2,1-3H3,(H,50,52)/b20-19-,32-8?/t39-,40-,41-,42-,43-,44-/m1/s1. The summed E-state index contributed by atoms with van der Waals surface area (Å²) in [6, 6.07) is -1.17. The highest BCUT2D eigenvalue weighted by Gasteiger charge is 2.52. The maximum Gasteiger partial charge on any atom is 0.475 e. The highest BCUT2D eigenvalue weighted by atomic mass is 35.6. The van der Waals surface area contributed by atoms with Gasteiger partial charge in [-0.05, 0) is 51.9 Å². The van der Waals surface area contributed by atoms with Crippen LogP contribution in [-0.4, -0.2) is 91.4 Å². The number of aliphatic hydroxyl groups is 1. The largest absolute Gasteiger partial charge is 0.475 e. The van der Waals surface area contributed by atoms with Crippen molar-refractivity contribution in [2.45, 2.75) is 196 Å². The molecule has 1 aliphatic rings. The summed E-state index contributed by atoms with van der Waals surface area (Å²) in [7, 11) is -4.36. The van der Waals surface area contributed by atoms with Crippen LogP contribution in [0.2, 0.25) is 0 Å². The first-order valence-electron chi connectivity index (χ1n) is 23.2. The molecule has 1 amide bonds. The molecule has 0 radical (unpaired) electrons. The number of unbranched alkanes of at least 4 members (excludes halogenated alkanes) is 16. The number of carbonyl (C=O) groups excluding carboxylic acids is 1. The molecule has 1 fully saturated rings. The summed E-state index contributed by atoms with van der Waals surface area (Å²) in [6.07, 6.45) is 28.6. The lowest BCUT2D eigenvalue weighted by Gasteiger charge is -2.45. The molecule has 1 heterocycles. The first-order chi connectivity index (χ1) is 30.0. The second kappa shape index (κ2) is 38.0. The van der Waals surface area contributed by atoms with Crippen molar-refractivity contribution in [2.75, 3.05) is 39.6 Å². The van der Waals surface area contributed by atoms with Crippen molar-refractivity contribution in [3.63, 3.8) is 0 Å². The third kappa shape index (κ3) is 29.4. The Bertz CT molecular complexity index is 1230. The third-order valence-electron chi connectivity index (χ3n) is 10.2. The maximum atomic E-state index is 14.0. The van der Waals surface area contributed by atoms with Crippen LogP contribution < -0.4 is 5.32 Å². The number of phosphoric acid groups is 1. The predicted octanol–water partition coefficient (Wildman–Crippen LogP) is 13.2. The molecule has 1 saturated heterocycles. The molecule has 2 N–H and O–H groups in total. The molecule has 6 atom stereocenters. The summed E-state index contributed by atoms with van der Waals surface area (Å²) >= 11 is 17.6. The highest BCUT2D eigenvalue weighted by molar-refractivity contribution is 7.48. The van der Waals surface area contributed by atoms with Gasteiger partial charge < -0.3 is 34.1 Å². The van der Waals surface area contributed by atoms with E-state index in [0.29, 0.717) is 13.0 Å². The van der Waals surface area contributed by atoms with Crippen molar-refractivity contribution in [1.82, 2.24) is 5.32 Å². The highest BCUT2D eigenvalue weighted by Crippen LogP contribution is 2.52. The van der Waals surface area contributed by atoms with Crippen molar-refractivity contribution in [2.24, 2.45) is 0 Å². The van der Waals surface area contributed by atoms with Gasteiger partial charge in [-0.1, -0.05) is 169 Å². The van der Waals surface area contributed by atoms with Gasteiger partial charge in [0.15, 0.2) is 0 Å². The first kappa shape index (κ1) is 58.9. The average molecular weight is 961 g/mol. The Balaban J connectivity index is 3.21. The minimum atomic E-state index is -4.36. The molecule has 0 unspecified atom stereocenters. The zero-order valence-corrected chi connectivity index (χ0v) is 41.2. The maximum absolute atomic E-state index is 14.0. The van der Waals surface area contributed by atoms with Crippen LogP contribution in [-0.2, 0) is 41.8 Å². The fourth-order valence-electron chi connectivity index (χ4n) is 6.88. The van der Waals surface area contributed by atoms with Gasteiger partial charge in [0.2, 0.25) is 10.1 Å². The molecule has 0 saturated carbocycles. The van der Waals surface area contributed by atoms with E-state index in [0.717, 1.165) is 44.9 Å². The van der Waals surface area contributed by atoms with Gasteiger partial charge in [-0.25, -0.2) is 9.36 Å². The number of carbonyl (C=O) groups is 1. The number of alkyl carbamates (subject to hydrolysis) is 1. The molecular formula is C46H81Cl3NO11P. The summed E-state index contributed by atoms with van der Waals surface area (Å²) in [5.74, 6) is 0. The van der Waals surface area contributed by atoms with E-state index in [-0.39, 0.29) is 25.9 Å². The van der Waals surface area contributed by atoms with Gasteiger partial charge in [-0.15, -0.1) is 13.2 Å². The molecule has 0 aromatic carbocycles. The fraction of sp³-hybridized carbons (Fsp3) is 0.804. The van der Waals surface area contributed by atoms with Gasteiger partial charge in [0, 0.05) is 13.2 Å². The number of phosphoric ester groups is 1. The quantitative estimate of drug-likeness (QED) is 0.0199. The molecule has 0 spiro atoms. The summed E-state index contributed by atoms with van der Waals surface area (Å²) in [5.41, 5.74) is 0. The Kier molecular flexibility index (Phi) is 36.1. The minimum absolute atomic E-state index is 0.100. The van der Waals surface area contributed by atoms with E-state index in [1.807, 2.05) is 0 Å². The second-order valence-electron chi connectivity index (χ2n) is 15.6. The average Bonchev–Trinajstić information content (AvgIpc) is 3.25. The van der Waals surface area contributed by atoms with Crippen LogP contribution >= 0.6 is 42.6 Å². The molecule has 62 heavy (non-hydrogen) atoms. The number of amides is 1. The summed E-state index contributed by atoms with van der Waals surface area (Å²) in [4.78, 5) is 13.2. The van der Waals surface area contributed by atoms with E-state index in [2.05, 4.69) is 44.5 Å². The van der Waals surface area contributed by atoms with E-state index in [1.54, 1.807) is 13.0 Å². The van der Waals surface area contributed by atoms with Gasteiger partial charge in [0.05, 0.1) is 32.2 Å². The molecule has 1 aliphatic heterocycles. The van der Waals surface area contributed by atoms with Crippen LogP contribution in [0.3, 0.4) is 0 Å². The number of rotatable bonds is 40. The number of alkyl halides is 3. The lowest BCUT2D eigenvalue weighted by atomic mass is 9.96. The lowest BCUT2D eigenvalue weighted by molar-refractivity contribution is -0.260. The number of halogens is 3. The van der Waals surface area contributed by atoms with Crippen molar-refractivity contribution in [3.8, 4) is 0 Å². The van der Waals surface area contributed by atoms with Gasteiger partial charge in [0.1, 0.15) is 31.0 Å². The molecule has 0 aromatic heterocycles. The summed E-state index contributed by atoms with van der Waals surface area (Å²) in [6.45, 7) is 12.7. The van der Waals surface area contributed by atoms with E-state index < -0.39 is 61.6 Å². The lowest BCUT2D eigenvalue weighted by Crippen LogP contribution is -2.66. The molecule has 0 aromatic rings. The van der Waals surface area contributed by atoms with Crippen LogP contribution in [0.15, 0.2) is 49.8 Å². The van der Waals surface area contributed by atoms with E-state index >= 15 is 0 Å². The van der Waals surface area contributed by atoms with Crippen molar-refractivity contribution in [1.29, 1.82) is 0 Å². The number of ether oxygens (including phenoxy) is 5. The summed E-state index contributed by atoms with van der Waals surface area (Å²) < 4.78 is 59.3. The Morgan fingerprint density at radius 2 is 1.37 bits per heavy atom. The van der Waals surface area contributed by atoms with Crippen LogP contribution in [0, 0.1) is 0 Å². The SMILES string of the molecule is C=CCOP(=O)(OCC=C)O[C@H]1[C@H](OCC[C@@H](CCCCCCCCCCC)OCCCCCC/C=C\CCCCCC)[C@@H](NC(=O)OCC(Cl)(Cl)Cl)[C@H](OC=CC)O[C@@H]1CO. The number of hydrogen-bond donors (Lipinski definition) is 2. The number of hydrogen-bond acceptors (Lipinski definition) is 11. The Hall–Kier alpha value is -1.15. The first-order valence-corrected chi connectivity index (χ1v) is 25.8. The van der Waals surface area contributed by atoms with Crippen LogP contribution in [0.4, 0.5) is 4.79 Å². The van der Waals surface area contributed by atoms with Gasteiger partial charge in [-0.3, -0.25) is 13.6 Å². The molecule has 0 aliphatic carbocycles. The van der Waals surface area contributed by atoms with Crippen molar-refractivity contribution >= 4 is 48.7 Å². The molecule has 16 heteroatoms. The third-order valence-corrected chi connectivity index (χ3v) is 11.9. The zero-order chi connectivity index (χ0) is 45.7. The molecule has 12 nitrogen and oxygen atoms in total. The van der Waals surface area contributed by atoms with E-state index in [9.17, 15) is 14.5 Å². The number of aliphatic hydroxyl groups excluding tert-OH is 1. The topological polar surface area (TPSA) is 140 Å². The number of nitrogens with one attached hydrogen (secondary N) is 1. The minimum Gasteiger partial charge on any atom is -0.471 e. The van der Waals surface area contributed by atoms with Gasteiger partial charge in [-0.2, -0.15) is 0 Å². The summed E-state index contributed by atoms with van der Waals surface area (Å²) in [5, 5.41) is 13.3. The molecular weight excluding hydrogens is 880 g/mol.